The second-order valence-electron chi connectivity index (χ2n) is 2.15. The Morgan fingerprint density at radius 3 is 2.15 bits per heavy atom. The Hall–Kier alpha value is 0.0700. The lowest BCUT2D eigenvalue weighted by molar-refractivity contribution is 0.302. The van der Waals surface area contributed by atoms with Gasteiger partial charge in [-0.3, -0.25) is 4.57 Å². The molecule has 0 aromatic carbocycles. The zero-order valence-corrected chi connectivity index (χ0v) is 9.63. The lowest BCUT2D eigenvalue weighted by Crippen LogP contribution is -2.17. The Labute approximate surface area is 80.9 Å². The van der Waals surface area contributed by atoms with Gasteiger partial charge in [0, 0.05) is 14.2 Å². The van der Waals surface area contributed by atoms with Crippen molar-refractivity contribution in [2.75, 3.05) is 33.9 Å². The van der Waals surface area contributed by atoms with Crippen molar-refractivity contribution >= 4 is 8.25 Å². The van der Waals surface area contributed by atoms with Crippen LogP contribution in [0.5, 0.6) is 0 Å². The van der Waals surface area contributed by atoms with Crippen LogP contribution in [0.2, 0.25) is 0 Å². The number of nitrogens with two attached hydrogens (primary N) is 1. The van der Waals surface area contributed by atoms with Gasteiger partial charge in [-0.05, 0) is 26.1 Å². The summed E-state index contributed by atoms with van der Waals surface area (Å²) in [5.41, 5.74) is 5.23. The van der Waals surface area contributed by atoms with Gasteiger partial charge in [0.25, 0.3) is 0 Å². The van der Waals surface area contributed by atoms with Crippen LogP contribution in [-0.4, -0.2) is 33.9 Å². The third-order valence-electron chi connectivity index (χ3n) is 1.14. The maximum atomic E-state index is 9.92. The average Bonchev–Trinajstić information content (AvgIpc) is 2.18. The van der Waals surface area contributed by atoms with Crippen LogP contribution in [0, 0.1) is 0 Å². The van der Waals surface area contributed by atoms with Crippen molar-refractivity contribution < 1.29 is 13.6 Å². The molecular formula is C7H21N2O3P. The van der Waals surface area contributed by atoms with Gasteiger partial charge in [0.05, 0.1) is 0 Å². The molecule has 0 bridgehead atoms. The van der Waals surface area contributed by atoms with E-state index >= 15 is 0 Å². The van der Waals surface area contributed by atoms with E-state index in [9.17, 15) is 4.57 Å². The minimum absolute atomic E-state index is 0.799. The molecule has 0 saturated carbocycles. The molecule has 0 unspecified atom stereocenters. The van der Waals surface area contributed by atoms with Crippen molar-refractivity contribution in [3.05, 3.63) is 0 Å². The molecule has 0 fully saturated rings. The van der Waals surface area contributed by atoms with Crippen LogP contribution in [-0.2, 0) is 13.6 Å². The molecule has 6 heteroatoms. The highest BCUT2D eigenvalue weighted by molar-refractivity contribution is 7.33. The summed E-state index contributed by atoms with van der Waals surface area (Å²) in [7, 11) is 0.558. The summed E-state index contributed by atoms with van der Waals surface area (Å²) < 4.78 is 18.4. The van der Waals surface area contributed by atoms with Gasteiger partial charge in [0.2, 0.25) is 0 Å². The van der Waals surface area contributed by atoms with Crippen LogP contribution in [0.1, 0.15) is 13.3 Å². The van der Waals surface area contributed by atoms with Crippen molar-refractivity contribution in [2.24, 2.45) is 5.73 Å². The molecule has 5 nitrogen and oxygen atoms in total. The summed E-state index contributed by atoms with van der Waals surface area (Å²) in [5, 5.41) is 3.17. The fourth-order valence-electron chi connectivity index (χ4n) is 0.487. The largest absolute Gasteiger partial charge is 0.330 e. The number of hydrogen-bond donors (Lipinski definition) is 2. The topological polar surface area (TPSA) is 73.6 Å². The zero-order valence-electron chi connectivity index (χ0n) is 8.63. The molecule has 0 aromatic heterocycles. The van der Waals surface area contributed by atoms with Crippen molar-refractivity contribution in [3.63, 3.8) is 0 Å². The van der Waals surface area contributed by atoms with E-state index in [2.05, 4.69) is 21.3 Å². The first-order chi connectivity index (χ1) is 6.22. The van der Waals surface area contributed by atoms with E-state index in [0.29, 0.717) is 0 Å². The lowest BCUT2D eigenvalue weighted by Gasteiger charge is -1.95. The third kappa shape index (κ3) is 18.8. The van der Waals surface area contributed by atoms with Gasteiger partial charge >= 0.3 is 8.25 Å². The molecule has 0 saturated heterocycles. The minimum atomic E-state index is -2.12. The summed E-state index contributed by atoms with van der Waals surface area (Å²) in [6.45, 7) is 5.01. The lowest BCUT2D eigenvalue weighted by atomic mass is 10.4. The normalized spacial score (nSPS) is 9.62. The molecule has 82 valence electrons. The molecule has 0 aliphatic rings. The monoisotopic (exact) mass is 212 g/mol. The quantitative estimate of drug-likeness (QED) is 0.498. The average molecular weight is 212 g/mol. The Bertz CT molecular complexity index is 104. The molecule has 3 N–H and O–H groups in total. The third-order valence-corrected chi connectivity index (χ3v) is 1.81. The second kappa shape index (κ2) is 14.6. The van der Waals surface area contributed by atoms with E-state index in [1.807, 2.05) is 0 Å². The molecular weight excluding hydrogens is 191 g/mol. The van der Waals surface area contributed by atoms with Gasteiger partial charge in [-0.15, -0.1) is 0 Å². The van der Waals surface area contributed by atoms with Crippen LogP contribution in [0.3, 0.4) is 0 Å². The Kier molecular flexibility index (Phi) is 17.4. The van der Waals surface area contributed by atoms with Gasteiger partial charge in [0.1, 0.15) is 0 Å². The molecule has 0 heterocycles. The summed E-state index contributed by atoms with van der Waals surface area (Å²) in [5.74, 6) is 0. The molecule has 13 heavy (non-hydrogen) atoms. The Morgan fingerprint density at radius 2 is 1.92 bits per heavy atom. The van der Waals surface area contributed by atoms with Crippen LogP contribution < -0.4 is 11.1 Å². The summed E-state index contributed by atoms with van der Waals surface area (Å²) in [6.07, 6.45) is 1.09. The summed E-state index contributed by atoms with van der Waals surface area (Å²) in [4.78, 5) is 0. The second-order valence-corrected chi connectivity index (χ2v) is 3.47. The first-order valence-electron chi connectivity index (χ1n) is 4.25. The maximum Gasteiger partial charge on any atom is 0.318 e. The van der Waals surface area contributed by atoms with Crippen molar-refractivity contribution in [3.8, 4) is 0 Å². The van der Waals surface area contributed by atoms with E-state index in [-0.39, 0.29) is 0 Å². The highest BCUT2D eigenvalue weighted by atomic mass is 31.1. The van der Waals surface area contributed by atoms with Crippen molar-refractivity contribution in [1.29, 1.82) is 0 Å². The van der Waals surface area contributed by atoms with Crippen LogP contribution >= 0.6 is 8.25 Å². The van der Waals surface area contributed by atoms with E-state index in [0.717, 1.165) is 26.1 Å². The van der Waals surface area contributed by atoms with Crippen LogP contribution in [0.25, 0.3) is 0 Å². The minimum Gasteiger partial charge on any atom is -0.330 e. The maximum absolute atomic E-state index is 9.92. The van der Waals surface area contributed by atoms with Gasteiger partial charge in [-0.2, -0.15) is 0 Å². The fraction of sp³-hybridized carbons (Fsp3) is 1.00. The molecule has 0 aliphatic heterocycles. The first kappa shape index (κ1) is 15.5. The highest BCUT2D eigenvalue weighted by Crippen LogP contribution is 2.18. The molecule has 0 rings (SSSR count). The van der Waals surface area contributed by atoms with Gasteiger partial charge in [-0.1, -0.05) is 6.92 Å². The summed E-state index contributed by atoms with van der Waals surface area (Å²) >= 11 is 0. The molecule has 0 aromatic rings. The highest BCUT2D eigenvalue weighted by Gasteiger charge is 1.83. The molecule has 0 radical (unpaired) electrons. The van der Waals surface area contributed by atoms with Crippen LogP contribution in [0.15, 0.2) is 0 Å². The number of nitrogens with one attached hydrogen (secondary N) is 1. The molecule has 0 aliphatic carbocycles. The van der Waals surface area contributed by atoms with E-state index in [4.69, 9.17) is 5.73 Å². The molecule has 0 amide bonds. The Morgan fingerprint density at radius 1 is 1.38 bits per heavy atom. The van der Waals surface area contributed by atoms with Crippen molar-refractivity contribution in [1.82, 2.24) is 5.32 Å². The summed E-state index contributed by atoms with van der Waals surface area (Å²) in [6, 6.07) is 0. The Balaban J connectivity index is 0. The molecule has 0 atom stereocenters. The molecule has 0 spiro atoms. The smallest absolute Gasteiger partial charge is 0.318 e. The van der Waals surface area contributed by atoms with E-state index in [1.54, 1.807) is 0 Å². The van der Waals surface area contributed by atoms with Crippen molar-refractivity contribution in [2.45, 2.75) is 13.3 Å². The fourth-order valence-corrected chi connectivity index (χ4v) is 0.654. The van der Waals surface area contributed by atoms with E-state index in [1.165, 1.54) is 14.2 Å². The van der Waals surface area contributed by atoms with Gasteiger partial charge < -0.3 is 20.1 Å². The number of rotatable bonds is 6. The van der Waals surface area contributed by atoms with Crippen LogP contribution in [0.4, 0.5) is 0 Å². The zero-order chi connectivity index (χ0) is 10.5. The van der Waals surface area contributed by atoms with Gasteiger partial charge in [0.15, 0.2) is 0 Å². The SMILES string of the molecule is CCNCCCN.CO[PH](=O)OC. The number of hydrogen-bond acceptors (Lipinski definition) is 5. The standard InChI is InChI=1S/C5H14N2.C2H7O3P/c1-2-7-5-3-4-6;1-4-6(3)5-2/h7H,2-6H2,1H3;6H,1-2H3. The first-order valence-corrected chi connectivity index (χ1v) is 5.48. The predicted molar refractivity (Wildman–Crippen MR) is 55.2 cm³/mol. The van der Waals surface area contributed by atoms with E-state index < -0.39 is 8.25 Å². The van der Waals surface area contributed by atoms with Gasteiger partial charge in [-0.25, -0.2) is 0 Å². The predicted octanol–water partition coefficient (Wildman–Crippen LogP) is 0.614.